The average Bonchev–Trinajstić information content (AvgIpc) is 2.47. The molecule has 0 bridgehead atoms. The van der Waals surface area contributed by atoms with E-state index in [0.717, 1.165) is 16.8 Å². The number of anilines is 1. The Bertz CT molecular complexity index is 590. The zero-order chi connectivity index (χ0) is 15.2. The van der Waals surface area contributed by atoms with Crippen LogP contribution in [-0.4, -0.2) is 11.7 Å². The largest absolute Gasteiger partial charge is 0.435 e. The van der Waals surface area contributed by atoms with E-state index >= 15 is 0 Å². The van der Waals surface area contributed by atoms with E-state index < -0.39 is 6.61 Å². The van der Waals surface area contributed by atoms with Gasteiger partial charge in [-0.15, -0.1) is 0 Å². The topological polar surface area (TPSA) is 41.5 Å². The summed E-state index contributed by atoms with van der Waals surface area (Å²) in [6.07, 6.45) is 0. The Balaban J connectivity index is 2.10. The van der Waals surface area contributed by atoms with Gasteiger partial charge in [0.2, 0.25) is 0 Å². The highest BCUT2D eigenvalue weighted by atomic mass is 19.3. The van der Waals surface area contributed by atoms with Gasteiger partial charge in [0.15, 0.2) is 0 Å². The summed E-state index contributed by atoms with van der Waals surface area (Å²) < 4.78 is 28.8. The first-order chi connectivity index (χ1) is 10.1. The first-order valence-corrected chi connectivity index (χ1v) is 6.59. The van der Waals surface area contributed by atoms with Crippen molar-refractivity contribution < 1.29 is 18.6 Å². The van der Waals surface area contributed by atoms with Gasteiger partial charge >= 0.3 is 6.61 Å². The molecule has 0 aliphatic rings. The first kappa shape index (κ1) is 15.3. The van der Waals surface area contributed by atoms with Gasteiger partial charge in [0.05, 0.1) is 6.61 Å². The molecule has 0 radical (unpaired) electrons. The second kappa shape index (κ2) is 7.04. The van der Waals surface area contributed by atoms with Gasteiger partial charge < -0.3 is 15.2 Å². The number of alkyl halides is 2. The molecular weight excluding hydrogens is 276 g/mol. The maximum atomic E-state index is 12.2. The van der Waals surface area contributed by atoms with E-state index in [4.69, 9.17) is 5.11 Å². The minimum absolute atomic E-state index is 0.0262. The maximum Gasteiger partial charge on any atom is 0.387 e. The number of nitrogens with one attached hydrogen (secondary N) is 1. The third kappa shape index (κ3) is 4.43. The summed E-state index contributed by atoms with van der Waals surface area (Å²) in [5.74, 6) is 0.139. The molecule has 21 heavy (non-hydrogen) atoms. The van der Waals surface area contributed by atoms with E-state index in [1.807, 2.05) is 37.3 Å². The zero-order valence-electron chi connectivity index (χ0n) is 11.6. The molecule has 2 rings (SSSR count). The standard InChI is InChI=1S/C16H17F2NO2/c1-11(19-14-6-2-4-12(8-14)10-20)13-5-3-7-15(9-13)21-16(17)18/h2-9,11,16,19-20H,10H2,1H3. The summed E-state index contributed by atoms with van der Waals surface area (Å²) >= 11 is 0. The molecule has 0 aliphatic carbocycles. The Morgan fingerprint density at radius 3 is 2.62 bits per heavy atom. The highest BCUT2D eigenvalue weighted by Gasteiger charge is 2.09. The summed E-state index contributed by atoms with van der Waals surface area (Å²) in [7, 11) is 0. The number of ether oxygens (including phenoxy) is 1. The summed E-state index contributed by atoms with van der Waals surface area (Å²) in [6, 6.07) is 13.9. The van der Waals surface area contributed by atoms with Crippen molar-refractivity contribution in [3.05, 3.63) is 59.7 Å². The third-order valence-electron chi connectivity index (χ3n) is 3.08. The van der Waals surface area contributed by atoms with Crippen LogP contribution in [0.25, 0.3) is 0 Å². The van der Waals surface area contributed by atoms with E-state index in [2.05, 4.69) is 10.1 Å². The molecular formula is C16H17F2NO2. The van der Waals surface area contributed by atoms with Crippen molar-refractivity contribution in [3.63, 3.8) is 0 Å². The number of aliphatic hydroxyl groups is 1. The number of benzene rings is 2. The molecule has 112 valence electrons. The van der Waals surface area contributed by atoms with Gasteiger partial charge in [-0.3, -0.25) is 0 Å². The predicted octanol–water partition coefficient (Wildman–Crippen LogP) is 3.95. The van der Waals surface area contributed by atoms with E-state index in [1.54, 1.807) is 12.1 Å². The fraction of sp³-hybridized carbons (Fsp3) is 0.250. The lowest BCUT2D eigenvalue weighted by atomic mass is 10.1. The van der Waals surface area contributed by atoms with Crippen LogP contribution in [0.4, 0.5) is 14.5 Å². The van der Waals surface area contributed by atoms with Gasteiger partial charge in [-0.25, -0.2) is 0 Å². The van der Waals surface area contributed by atoms with Crippen LogP contribution in [0.5, 0.6) is 5.75 Å². The molecule has 1 unspecified atom stereocenters. The molecule has 0 aliphatic heterocycles. The fourth-order valence-corrected chi connectivity index (χ4v) is 2.05. The van der Waals surface area contributed by atoms with Gasteiger partial charge in [0, 0.05) is 11.7 Å². The van der Waals surface area contributed by atoms with Crippen LogP contribution in [0.15, 0.2) is 48.5 Å². The minimum Gasteiger partial charge on any atom is -0.435 e. The summed E-state index contributed by atoms with van der Waals surface area (Å²) in [5.41, 5.74) is 2.50. The monoisotopic (exact) mass is 293 g/mol. The second-order valence-electron chi connectivity index (χ2n) is 4.68. The highest BCUT2D eigenvalue weighted by molar-refractivity contribution is 5.48. The maximum absolute atomic E-state index is 12.2. The first-order valence-electron chi connectivity index (χ1n) is 6.59. The molecule has 2 N–H and O–H groups in total. The summed E-state index contributed by atoms with van der Waals surface area (Å²) in [4.78, 5) is 0. The van der Waals surface area contributed by atoms with Crippen LogP contribution < -0.4 is 10.1 Å². The lowest BCUT2D eigenvalue weighted by Gasteiger charge is -2.17. The second-order valence-corrected chi connectivity index (χ2v) is 4.68. The van der Waals surface area contributed by atoms with E-state index in [0.29, 0.717) is 0 Å². The summed E-state index contributed by atoms with van der Waals surface area (Å²) in [5, 5.41) is 12.4. The van der Waals surface area contributed by atoms with Crippen LogP contribution in [-0.2, 0) is 6.61 Å². The van der Waals surface area contributed by atoms with Gasteiger partial charge in [-0.05, 0) is 42.3 Å². The molecule has 5 heteroatoms. The van der Waals surface area contributed by atoms with E-state index in [-0.39, 0.29) is 18.4 Å². The lowest BCUT2D eigenvalue weighted by molar-refractivity contribution is -0.0498. The number of rotatable bonds is 6. The molecule has 0 fully saturated rings. The molecule has 2 aromatic rings. The molecule has 3 nitrogen and oxygen atoms in total. The van der Waals surface area contributed by atoms with Crippen molar-refractivity contribution in [2.24, 2.45) is 0 Å². The van der Waals surface area contributed by atoms with Gasteiger partial charge in [-0.1, -0.05) is 24.3 Å². The fourth-order valence-electron chi connectivity index (χ4n) is 2.05. The van der Waals surface area contributed by atoms with Crippen LogP contribution in [0.3, 0.4) is 0 Å². The molecule has 0 amide bonds. The van der Waals surface area contributed by atoms with Gasteiger partial charge in [0.25, 0.3) is 0 Å². The number of hydrogen-bond donors (Lipinski definition) is 2. The zero-order valence-corrected chi connectivity index (χ0v) is 11.6. The molecule has 0 saturated carbocycles. The Labute approximate surface area is 122 Å². The number of aliphatic hydroxyl groups excluding tert-OH is 1. The van der Waals surface area contributed by atoms with Crippen molar-refractivity contribution in [1.29, 1.82) is 0 Å². The van der Waals surface area contributed by atoms with Crippen molar-refractivity contribution in [3.8, 4) is 5.75 Å². The van der Waals surface area contributed by atoms with Crippen molar-refractivity contribution >= 4 is 5.69 Å². The third-order valence-corrected chi connectivity index (χ3v) is 3.08. The lowest BCUT2D eigenvalue weighted by Crippen LogP contribution is -2.08. The van der Waals surface area contributed by atoms with Crippen molar-refractivity contribution in [1.82, 2.24) is 0 Å². The molecule has 1 atom stereocenters. The van der Waals surface area contributed by atoms with Gasteiger partial charge in [-0.2, -0.15) is 8.78 Å². The number of hydrogen-bond acceptors (Lipinski definition) is 3. The van der Waals surface area contributed by atoms with E-state index in [9.17, 15) is 8.78 Å². The predicted molar refractivity (Wildman–Crippen MR) is 77.5 cm³/mol. The van der Waals surface area contributed by atoms with E-state index in [1.165, 1.54) is 6.07 Å². The van der Waals surface area contributed by atoms with Crippen LogP contribution in [0.2, 0.25) is 0 Å². The molecule has 2 aromatic carbocycles. The SMILES string of the molecule is CC(Nc1cccc(CO)c1)c1cccc(OC(F)F)c1. The molecule has 0 aromatic heterocycles. The number of halogens is 2. The minimum atomic E-state index is -2.83. The Morgan fingerprint density at radius 1 is 1.14 bits per heavy atom. The molecule has 0 saturated heterocycles. The normalized spacial score (nSPS) is 12.2. The highest BCUT2D eigenvalue weighted by Crippen LogP contribution is 2.24. The van der Waals surface area contributed by atoms with Crippen LogP contribution >= 0.6 is 0 Å². The van der Waals surface area contributed by atoms with Gasteiger partial charge in [0.1, 0.15) is 5.75 Å². The average molecular weight is 293 g/mol. The van der Waals surface area contributed by atoms with Crippen molar-refractivity contribution in [2.75, 3.05) is 5.32 Å². The Morgan fingerprint density at radius 2 is 1.90 bits per heavy atom. The quantitative estimate of drug-likeness (QED) is 0.847. The van der Waals surface area contributed by atoms with Crippen LogP contribution in [0, 0.1) is 0 Å². The molecule has 0 heterocycles. The Hall–Kier alpha value is -2.14. The smallest absolute Gasteiger partial charge is 0.387 e. The summed E-state index contributed by atoms with van der Waals surface area (Å²) in [6.45, 7) is -0.931. The Kier molecular flexibility index (Phi) is 5.11. The van der Waals surface area contributed by atoms with Crippen LogP contribution in [0.1, 0.15) is 24.1 Å². The molecule has 0 spiro atoms. The van der Waals surface area contributed by atoms with Crippen molar-refractivity contribution in [2.45, 2.75) is 26.2 Å².